The van der Waals surface area contributed by atoms with Crippen molar-refractivity contribution >= 4 is 29.2 Å². The SMILES string of the molecule is COCCCNC(=O)Nc1cc(C(N)=O)ccc1Cl. The molecule has 1 aromatic carbocycles. The number of methoxy groups -OCH3 is 1. The van der Waals surface area contributed by atoms with E-state index in [1.54, 1.807) is 7.11 Å². The molecule has 0 radical (unpaired) electrons. The van der Waals surface area contributed by atoms with E-state index >= 15 is 0 Å². The summed E-state index contributed by atoms with van der Waals surface area (Å²) >= 11 is 5.91. The van der Waals surface area contributed by atoms with Crippen LogP contribution in [0.15, 0.2) is 18.2 Å². The van der Waals surface area contributed by atoms with Crippen LogP contribution in [0.4, 0.5) is 10.5 Å². The van der Waals surface area contributed by atoms with Crippen LogP contribution < -0.4 is 16.4 Å². The number of ether oxygens (including phenoxy) is 1. The number of rotatable bonds is 6. The van der Waals surface area contributed by atoms with Gasteiger partial charge in [0.2, 0.25) is 5.91 Å². The number of anilines is 1. The minimum Gasteiger partial charge on any atom is -0.385 e. The van der Waals surface area contributed by atoms with Crippen molar-refractivity contribution in [3.05, 3.63) is 28.8 Å². The first-order valence-electron chi connectivity index (χ1n) is 5.67. The molecule has 0 aliphatic heterocycles. The van der Waals surface area contributed by atoms with E-state index in [9.17, 15) is 9.59 Å². The third kappa shape index (κ3) is 5.15. The summed E-state index contributed by atoms with van der Waals surface area (Å²) in [4.78, 5) is 22.6. The molecule has 1 rings (SSSR count). The van der Waals surface area contributed by atoms with Gasteiger partial charge in [0.15, 0.2) is 0 Å². The van der Waals surface area contributed by atoms with E-state index in [4.69, 9.17) is 22.1 Å². The standard InChI is InChI=1S/C12H16ClN3O3/c1-19-6-2-5-15-12(18)16-10-7-8(11(14)17)3-4-9(10)13/h3-4,7H,2,5-6H2,1H3,(H2,14,17)(H2,15,16,18). The van der Waals surface area contributed by atoms with Crippen molar-refractivity contribution < 1.29 is 14.3 Å². The average Bonchev–Trinajstić information content (AvgIpc) is 2.37. The summed E-state index contributed by atoms with van der Waals surface area (Å²) in [5, 5.41) is 5.52. The first kappa shape index (κ1) is 15.3. The second kappa shape index (κ2) is 7.60. The molecule has 0 saturated carbocycles. The number of hydrogen-bond donors (Lipinski definition) is 3. The summed E-state index contributed by atoms with van der Waals surface area (Å²) < 4.78 is 4.86. The molecule has 0 spiro atoms. The van der Waals surface area contributed by atoms with E-state index in [2.05, 4.69) is 10.6 Å². The maximum atomic E-state index is 11.6. The normalized spacial score (nSPS) is 10.0. The third-order valence-corrected chi connectivity index (χ3v) is 2.64. The lowest BCUT2D eigenvalue weighted by molar-refractivity contribution is 0.100. The van der Waals surface area contributed by atoms with Gasteiger partial charge in [0, 0.05) is 25.8 Å². The maximum Gasteiger partial charge on any atom is 0.319 e. The number of primary amides is 1. The highest BCUT2D eigenvalue weighted by Crippen LogP contribution is 2.22. The van der Waals surface area contributed by atoms with Crippen molar-refractivity contribution in [3.8, 4) is 0 Å². The summed E-state index contributed by atoms with van der Waals surface area (Å²) in [7, 11) is 1.59. The van der Waals surface area contributed by atoms with Crippen LogP contribution in [0.3, 0.4) is 0 Å². The first-order chi connectivity index (χ1) is 9.04. The summed E-state index contributed by atoms with van der Waals surface area (Å²) in [5.41, 5.74) is 5.77. The molecule has 0 atom stereocenters. The average molecular weight is 286 g/mol. The van der Waals surface area contributed by atoms with Gasteiger partial charge in [-0.1, -0.05) is 11.6 Å². The van der Waals surface area contributed by atoms with E-state index in [-0.39, 0.29) is 5.56 Å². The molecule has 0 saturated heterocycles. The fourth-order valence-corrected chi connectivity index (χ4v) is 1.52. The molecule has 19 heavy (non-hydrogen) atoms. The lowest BCUT2D eigenvalue weighted by Gasteiger charge is -2.09. The van der Waals surface area contributed by atoms with Crippen LogP contribution in [0.2, 0.25) is 5.02 Å². The third-order valence-electron chi connectivity index (χ3n) is 2.31. The number of hydrogen-bond acceptors (Lipinski definition) is 3. The van der Waals surface area contributed by atoms with E-state index in [1.165, 1.54) is 18.2 Å². The zero-order chi connectivity index (χ0) is 14.3. The molecule has 6 nitrogen and oxygen atoms in total. The number of benzene rings is 1. The maximum absolute atomic E-state index is 11.6. The van der Waals surface area contributed by atoms with Crippen LogP contribution in [0.1, 0.15) is 16.8 Å². The summed E-state index contributed by atoms with van der Waals surface area (Å²) in [6.07, 6.45) is 0.707. The molecule has 104 valence electrons. The monoisotopic (exact) mass is 285 g/mol. The summed E-state index contributed by atoms with van der Waals surface area (Å²) in [5.74, 6) is -0.583. The predicted octanol–water partition coefficient (Wildman–Crippen LogP) is 1.60. The van der Waals surface area contributed by atoms with Crippen LogP contribution in [0.25, 0.3) is 0 Å². The van der Waals surface area contributed by atoms with E-state index in [1.807, 2.05) is 0 Å². The zero-order valence-corrected chi connectivity index (χ0v) is 11.3. The minimum absolute atomic E-state index is 0.277. The van der Waals surface area contributed by atoms with Gasteiger partial charge in [-0.05, 0) is 24.6 Å². The van der Waals surface area contributed by atoms with Crippen LogP contribution in [-0.4, -0.2) is 32.2 Å². The lowest BCUT2D eigenvalue weighted by atomic mass is 10.2. The van der Waals surface area contributed by atoms with Gasteiger partial charge in [-0.15, -0.1) is 0 Å². The highest BCUT2D eigenvalue weighted by atomic mass is 35.5. The Morgan fingerprint density at radius 2 is 2.16 bits per heavy atom. The fourth-order valence-electron chi connectivity index (χ4n) is 1.36. The van der Waals surface area contributed by atoms with Crippen molar-refractivity contribution in [2.45, 2.75) is 6.42 Å². The van der Waals surface area contributed by atoms with Gasteiger partial charge >= 0.3 is 6.03 Å². The Hall–Kier alpha value is -1.79. The Morgan fingerprint density at radius 1 is 1.42 bits per heavy atom. The number of carbonyl (C=O) groups is 2. The van der Waals surface area contributed by atoms with Gasteiger partial charge in [-0.25, -0.2) is 4.79 Å². The molecule has 1 aromatic rings. The second-order valence-electron chi connectivity index (χ2n) is 3.79. The Morgan fingerprint density at radius 3 is 2.79 bits per heavy atom. The van der Waals surface area contributed by atoms with Gasteiger partial charge in [0.1, 0.15) is 0 Å². The predicted molar refractivity (Wildman–Crippen MR) is 73.5 cm³/mol. The molecular formula is C12H16ClN3O3. The van der Waals surface area contributed by atoms with Crippen LogP contribution in [0.5, 0.6) is 0 Å². The Balaban J connectivity index is 2.58. The first-order valence-corrected chi connectivity index (χ1v) is 6.05. The number of urea groups is 1. The highest BCUT2D eigenvalue weighted by molar-refractivity contribution is 6.33. The molecule has 0 bridgehead atoms. The van der Waals surface area contributed by atoms with Crippen molar-refractivity contribution in [2.75, 3.05) is 25.6 Å². The van der Waals surface area contributed by atoms with Gasteiger partial charge in [0.05, 0.1) is 10.7 Å². The number of amides is 3. The number of halogens is 1. The minimum atomic E-state index is -0.583. The Kier molecular flexibility index (Phi) is 6.11. The number of nitrogens with one attached hydrogen (secondary N) is 2. The van der Waals surface area contributed by atoms with Crippen LogP contribution in [-0.2, 0) is 4.74 Å². The van der Waals surface area contributed by atoms with Gasteiger partial charge in [-0.2, -0.15) is 0 Å². The molecular weight excluding hydrogens is 270 g/mol. The smallest absolute Gasteiger partial charge is 0.319 e. The molecule has 0 aromatic heterocycles. The molecule has 0 aliphatic carbocycles. The largest absolute Gasteiger partial charge is 0.385 e. The van der Waals surface area contributed by atoms with Crippen molar-refractivity contribution in [3.63, 3.8) is 0 Å². The van der Waals surface area contributed by atoms with Crippen molar-refractivity contribution in [1.82, 2.24) is 5.32 Å². The van der Waals surface area contributed by atoms with E-state index < -0.39 is 11.9 Å². The van der Waals surface area contributed by atoms with Crippen LogP contribution >= 0.6 is 11.6 Å². The van der Waals surface area contributed by atoms with Gasteiger partial charge in [-0.3, -0.25) is 4.79 Å². The molecule has 4 N–H and O–H groups in total. The highest BCUT2D eigenvalue weighted by Gasteiger charge is 2.08. The Labute approximate surface area is 116 Å². The van der Waals surface area contributed by atoms with Crippen molar-refractivity contribution in [1.29, 1.82) is 0 Å². The summed E-state index contributed by atoms with van der Waals surface area (Å²) in [6.45, 7) is 1.05. The molecule has 3 amide bonds. The van der Waals surface area contributed by atoms with Gasteiger partial charge < -0.3 is 21.1 Å². The summed E-state index contributed by atoms with van der Waals surface area (Å²) in [6, 6.07) is 4.02. The number of carbonyl (C=O) groups excluding carboxylic acids is 2. The molecule has 0 fully saturated rings. The van der Waals surface area contributed by atoms with E-state index in [0.29, 0.717) is 30.3 Å². The van der Waals surface area contributed by atoms with Gasteiger partial charge in [0.25, 0.3) is 0 Å². The number of nitrogens with two attached hydrogens (primary N) is 1. The molecule has 0 unspecified atom stereocenters. The zero-order valence-electron chi connectivity index (χ0n) is 10.5. The van der Waals surface area contributed by atoms with Crippen LogP contribution in [0, 0.1) is 0 Å². The fraction of sp³-hybridized carbons (Fsp3) is 0.333. The lowest BCUT2D eigenvalue weighted by Crippen LogP contribution is -2.30. The Bertz CT molecular complexity index is 466. The quantitative estimate of drug-likeness (QED) is 0.693. The molecule has 0 heterocycles. The topological polar surface area (TPSA) is 93.4 Å². The molecule has 7 heteroatoms. The van der Waals surface area contributed by atoms with Crippen molar-refractivity contribution in [2.24, 2.45) is 5.73 Å². The second-order valence-corrected chi connectivity index (χ2v) is 4.19. The molecule has 0 aliphatic rings. The van der Waals surface area contributed by atoms with E-state index in [0.717, 1.165) is 0 Å².